The first kappa shape index (κ1) is 20.6. The van der Waals surface area contributed by atoms with Crippen LogP contribution in [0.3, 0.4) is 0 Å². The number of carbonyl (C=O) groups is 1. The lowest BCUT2D eigenvalue weighted by molar-refractivity contribution is -0.127. The third-order valence-corrected chi connectivity index (χ3v) is 5.43. The summed E-state index contributed by atoms with van der Waals surface area (Å²) in [6.45, 7) is 4.66. The van der Waals surface area contributed by atoms with Gasteiger partial charge < -0.3 is 4.90 Å². The number of benzene rings is 2. The maximum Gasteiger partial charge on any atom is 0.246 e. The molecule has 0 unspecified atom stereocenters. The fraction of sp³-hybridized carbons (Fsp3) is 0.240. The maximum absolute atomic E-state index is 12.6. The Bertz CT molecular complexity index is 1070. The van der Waals surface area contributed by atoms with Gasteiger partial charge in [0.05, 0.1) is 24.4 Å². The van der Waals surface area contributed by atoms with Gasteiger partial charge in [-0.1, -0.05) is 42.5 Å². The molecule has 0 saturated carbocycles. The smallest absolute Gasteiger partial charge is 0.246 e. The zero-order valence-corrected chi connectivity index (χ0v) is 17.4. The number of rotatable bonds is 6. The number of amides is 1. The van der Waals surface area contributed by atoms with Crippen LogP contribution in [0.1, 0.15) is 22.3 Å². The maximum atomic E-state index is 12.6. The third-order valence-electron chi connectivity index (χ3n) is 5.43. The van der Waals surface area contributed by atoms with Crippen LogP contribution in [0, 0.1) is 11.3 Å². The molecule has 4 rings (SSSR count). The molecule has 6 nitrogen and oxygen atoms in total. The molecule has 1 aliphatic rings. The van der Waals surface area contributed by atoms with Crippen LogP contribution in [0.5, 0.6) is 0 Å². The number of nitrogens with zero attached hydrogens (tertiary/aromatic N) is 5. The summed E-state index contributed by atoms with van der Waals surface area (Å²) in [4.78, 5) is 16.8. The second-order valence-electron chi connectivity index (χ2n) is 7.70. The van der Waals surface area contributed by atoms with Gasteiger partial charge in [-0.15, -0.1) is 0 Å². The lowest BCUT2D eigenvalue weighted by Gasteiger charge is -2.34. The molecule has 156 valence electrons. The van der Waals surface area contributed by atoms with Gasteiger partial charge in [0, 0.05) is 50.6 Å². The monoisotopic (exact) mass is 411 g/mol. The molecule has 0 atom stereocenters. The summed E-state index contributed by atoms with van der Waals surface area (Å²) in [5, 5.41) is 13.3. The van der Waals surface area contributed by atoms with Gasteiger partial charge in [-0.3, -0.25) is 14.4 Å². The minimum atomic E-state index is 0.0360. The van der Waals surface area contributed by atoms with Crippen LogP contribution in [0.25, 0.3) is 6.08 Å². The topological polar surface area (TPSA) is 65.2 Å². The highest BCUT2D eigenvalue weighted by Crippen LogP contribution is 2.11. The SMILES string of the molecule is N#Cc1ccc(CN2CCN(C(=O)/C=C/c3cnn(Cc4ccccc4)c3)CC2)cc1. The molecule has 1 saturated heterocycles. The Morgan fingerprint density at radius 3 is 2.39 bits per heavy atom. The predicted octanol–water partition coefficient (Wildman–Crippen LogP) is 3.16. The van der Waals surface area contributed by atoms with E-state index < -0.39 is 0 Å². The number of piperazine rings is 1. The Hall–Kier alpha value is -3.69. The second-order valence-corrected chi connectivity index (χ2v) is 7.70. The van der Waals surface area contributed by atoms with Crippen LogP contribution < -0.4 is 0 Å². The van der Waals surface area contributed by atoms with E-state index >= 15 is 0 Å². The van der Waals surface area contributed by atoms with Crippen molar-refractivity contribution >= 4 is 12.0 Å². The Kier molecular flexibility index (Phi) is 6.56. The average Bonchev–Trinajstić information content (AvgIpc) is 3.26. The van der Waals surface area contributed by atoms with Gasteiger partial charge >= 0.3 is 0 Å². The highest BCUT2D eigenvalue weighted by atomic mass is 16.2. The third kappa shape index (κ3) is 5.68. The number of nitriles is 1. The number of hydrogen-bond acceptors (Lipinski definition) is 4. The van der Waals surface area contributed by atoms with E-state index in [0.29, 0.717) is 25.2 Å². The zero-order chi connectivity index (χ0) is 21.5. The van der Waals surface area contributed by atoms with E-state index in [9.17, 15) is 4.79 Å². The minimum absolute atomic E-state index is 0.0360. The van der Waals surface area contributed by atoms with E-state index in [4.69, 9.17) is 5.26 Å². The first-order valence-electron chi connectivity index (χ1n) is 10.4. The van der Waals surface area contributed by atoms with Crippen molar-refractivity contribution in [3.8, 4) is 6.07 Å². The van der Waals surface area contributed by atoms with E-state index in [1.165, 1.54) is 11.1 Å². The van der Waals surface area contributed by atoms with Gasteiger partial charge in [0.1, 0.15) is 0 Å². The van der Waals surface area contributed by atoms with Crippen molar-refractivity contribution in [2.75, 3.05) is 26.2 Å². The van der Waals surface area contributed by atoms with E-state index in [0.717, 1.165) is 25.2 Å². The second kappa shape index (κ2) is 9.88. The Morgan fingerprint density at radius 1 is 0.968 bits per heavy atom. The lowest BCUT2D eigenvalue weighted by atomic mass is 10.1. The molecule has 0 spiro atoms. The van der Waals surface area contributed by atoms with Crippen LogP contribution in [-0.2, 0) is 17.9 Å². The Labute approximate surface area is 182 Å². The van der Waals surface area contributed by atoms with Gasteiger partial charge in [-0.05, 0) is 29.3 Å². The first-order valence-corrected chi connectivity index (χ1v) is 10.4. The molecule has 1 fully saturated rings. The molecule has 0 bridgehead atoms. The summed E-state index contributed by atoms with van der Waals surface area (Å²) >= 11 is 0. The molecule has 3 aromatic rings. The fourth-order valence-electron chi connectivity index (χ4n) is 3.66. The van der Waals surface area contributed by atoms with Crippen molar-refractivity contribution in [2.24, 2.45) is 0 Å². The van der Waals surface area contributed by atoms with Crippen molar-refractivity contribution in [3.05, 3.63) is 95.3 Å². The highest BCUT2D eigenvalue weighted by molar-refractivity contribution is 5.91. The first-order chi connectivity index (χ1) is 15.2. The number of carbonyl (C=O) groups excluding carboxylic acids is 1. The fourth-order valence-corrected chi connectivity index (χ4v) is 3.66. The Morgan fingerprint density at radius 2 is 1.68 bits per heavy atom. The van der Waals surface area contributed by atoms with Crippen LogP contribution in [0.4, 0.5) is 0 Å². The molecule has 1 aromatic heterocycles. The molecule has 31 heavy (non-hydrogen) atoms. The quantitative estimate of drug-likeness (QED) is 0.585. The van der Waals surface area contributed by atoms with E-state index in [1.807, 2.05) is 64.3 Å². The molecule has 1 aliphatic heterocycles. The van der Waals surface area contributed by atoms with Crippen LogP contribution in [-0.4, -0.2) is 51.7 Å². The van der Waals surface area contributed by atoms with Crippen LogP contribution in [0.2, 0.25) is 0 Å². The average molecular weight is 412 g/mol. The molecular formula is C25H25N5O. The van der Waals surface area contributed by atoms with Crippen molar-refractivity contribution in [2.45, 2.75) is 13.1 Å². The standard InChI is InChI=1S/C25H25N5O/c26-16-21-6-8-23(9-7-21)18-28-12-14-29(15-13-28)25(31)11-10-24-17-27-30(20-24)19-22-4-2-1-3-5-22/h1-11,17,20H,12-15,18-19H2/b11-10+. The molecule has 2 aromatic carbocycles. The summed E-state index contributed by atoms with van der Waals surface area (Å²) in [6, 6.07) is 20.0. The molecular weight excluding hydrogens is 386 g/mol. The number of hydrogen-bond donors (Lipinski definition) is 0. The zero-order valence-electron chi connectivity index (χ0n) is 17.4. The van der Waals surface area contributed by atoms with E-state index in [1.54, 1.807) is 12.3 Å². The van der Waals surface area contributed by atoms with E-state index in [-0.39, 0.29) is 5.91 Å². The van der Waals surface area contributed by atoms with Crippen molar-refractivity contribution in [3.63, 3.8) is 0 Å². The molecule has 1 amide bonds. The molecule has 6 heteroatoms. The van der Waals surface area contributed by atoms with Gasteiger partial charge in [-0.25, -0.2) is 0 Å². The van der Waals surface area contributed by atoms with Crippen molar-refractivity contribution in [1.82, 2.24) is 19.6 Å². The van der Waals surface area contributed by atoms with Crippen molar-refractivity contribution in [1.29, 1.82) is 5.26 Å². The Balaban J connectivity index is 1.25. The molecule has 0 aliphatic carbocycles. The van der Waals surface area contributed by atoms with Gasteiger partial charge in [0.2, 0.25) is 5.91 Å². The van der Waals surface area contributed by atoms with Crippen LogP contribution in [0.15, 0.2) is 73.1 Å². The summed E-state index contributed by atoms with van der Waals surface area (Å²) in [7, 11) is 0. The largest absolute Gasteiger partial charge is 0.337 e. The normalized spacial score (nSPS) is 14.6. The molecule has 0 N–H and O–H groups in total. The predicted molar refractivity (Wildman–Crippen MR) is 120 cm³/mol. The highest BCUT2D eigenvalue weighted by Gasteiger charge is 2.19. The summed E-state index contributed by atoms with van der Waals surface area (Å²) in [6.07, 6.45) is 7.20. The van der Waals surface area contributed by atoms with Gasteiger partial charge in [-0.2, -0.15) is 10.4 Å². The van der Waals surface area contributed by atoms with Crippen LogP contribution >= 0.6 is 0 Å². The van der Waals surface area contributed by atoms with E-state index in [2.05, 4.69) is 28.2 Å². The van der Waals surface area contributed by atoms with Gasteiger partial charge in [0.15, 0.2) is 0 Å². The lowest BCUT2D eigenvalue weighted by Crippen LogP contribution is -2.47. The minimum Gasteiger partial charge on any atom is -0.337 e. The summed E-state index contributed by atoms with van der Waals surface area (Å²) in [5.41, 5.74) is 3.97. The molecule has 2 heterocycles. The van der Waals surface area contributed by atoms with Gasteiger partial charge in [0.25, 0.3) is 0 Å². The summed E-state index contributed by atoms with van der Waals surface area (Å²) < 4.78 is 1.88. The molecule has 0 radical (unpaired) electrons. The number of aromatic nitrogens is 2. The van der Waals surface area contributed by atoms with Crippen molar-refractivity contribution < 1.29 is 4.79 Å². The summed E-state index contributed by atoms with van der Waals surface area (Å²) in [5.74, 6) is 0.0360.